The van der Waals surface area contributed by atoms with Crippen LogP contribution in [0.2, 0.25) is 0 Å². The molecule has 0 N–H and O–H groups in total. The maximum atomic E-state index is 13.6. The number of benzene rings is 3. The first kappa shape index (κ1) is 33.6. The Morgan fingerprint density at radius 1 is 0.733 bits per heavy atom. The fraction of sp³-hybridized carbons (Fsp3) is 0.312. The number of halogens is 9. The molecule has 2 amide bonds. The van der Waals surface area contributed by atoms with Gasteiger partial charge in [0, 0.05) is 31.3 Å². The molecule has 240 valence electrons. The second kappa shape index (κ2) is 12.6. The number of nitrogens with zero attached hydrogens (tertiary/aromatic N) is 2. The van der Waals surface area contributed by atoms with E-state index in [1.54, 1.807) is 6.07 Å². The van der Waals surface area contributed by atoms with Crippen molar-refractivity contribution in [2.45, 2.75) is 44.8 Å². The number of amides is 2. The molecule has 4 nitrogen and oxygen atoms in total. The summed E-state index contributed by atoms with van der Waals surface area (Å²) in [5.74, 6) is -1.58. The van der Waals surface area contributed by atoms with Crippen molar-refractivity contribution in [3.63, 3.8) is 0 Å². The van der Waals surface area contributed by atoms with Crippen molar-refractivity contribution in [1.82, 2.24) is 9.80 Å². The van der Waals surface area contributed by atoms with Crippen LogP contribution in [0.15, 0.2) is 66.7 Å². The SMILES string of the molecule is Cc1ccc(CC2CN(C(=O)/C=C/c3ccc(C(F)(F)F)cc3)CCN2C(=O)c2cc(C(F)(F)F)cc(C(F)(F)F)c2)cc1C. The third-order valence-corrected chi connectivity index (χ3v) is 7.59. The van der Waals surface area contributed by atoms with Crippen molar-refractivity contribution in [2.75, 3.05) is 19.6 Å². The molecular formula is C32H27F9N2O2. The average molecular weight is 643 g/mol. The highest BCUT2D eigenvalue weighted by Crippen LogP contribution is 2.37. The molecule has 1 heterocycles. The van der Waals surface area contributed by atoms with Gasteiger partial charge in [0.25, 0.3) is 5.91 Å². The van der Waals surface area contributed by atoms with E-state index >= 15 is 0 Å². The highest BCUT2D eigenvalue weighted by atomic mass is 19.4. The highest BCUT2D eigenvalue weighted by molar-refractivity contribution is 5.96. The van der Waals surface area contributed by atoms with Crippen molar-refractivity contribution in [1.29, 1.82) is 0 Å². The highest BCUT2D eigenvalue weighted by Gasteiger charge is 2.39. The van der Waals surface area contributed by atoms with E-state index in [0.29, 0.717) is 17.7 Å². The Labute approximate surface area is 252 Å². The molecule has 1 fully saturated rings. The summed E-state index contributed by atoms with van der Waals surface area (Å²) < 4.78 is 119. The molecule has 0 saturated carbocycles. The molecule has 0 spiro atoms. The van der Waals surface area contributed by atoms with Crippen LogP contribution in [0.3, 0.4) is 0 Å². The van der Waals surface area contributed by atoms with E-state index < -0.39 is 58.6 Å². The lowest BCUT2D eigenvalue weighted by Gasteiger charge is -2.41. The molecule has 45 heavy (non-hydrogen) atoms. The zero-order chi connectivity index (χ0) is 33.3. The van der Waals surface area contributed by atoms with Crippen LogP contribution in [0.5, 0.6) is 0 Å². The zero-order valence-electron chi connectivity index (χ0n) is 23.9. The molecule has 0 aliphatic carbocycles. The van der Waals surface area contributed by atoms with Gasteiger partial charge < -0.3 is 9.80 Å². The number of piperazine rings is 1. The van der Waals surface area contributed by atoms with Crippen molar-refractivity contribution in [3.05, 3.63) is 111 Å². The predicted octanol–water partition coefficient (Wildman–Crippen LogP) is 7.97. The van der Waals surface area contributed by atoms with Gasteiger partial charge in [-0.1, -0.05) is 30.3 Å². The Kier molecular flexibility index (Phi) is 9.41. The van der Waals surface area contributed by atoms with Gasteiger partial charge in [-0.25, -0.2) is 0 Å². The molecule has 0 bridgehead atoms. The summed E-state index contributed by atoms with van der Waals surface area (Å²) in [4.78, 5) is 29.2. The number of hydrogen-bond acceptors (Lipinski definition) is 2. The lowest BCUT2D eigenvalue weighted by atomic mass is 9.97. The van der Waals surface area contributed by atoms with Crippen LogP contribution >= 0.6 is 0 Å². The Morgan fingerprint density at radius 3 is 1.84 bits per heavy atom. The maximum absolute atomic E-state index is 13.6. The number of hydrogen-bond donors (Lipinski definition) is 0. The smallest absolute Gasteiger partial charge is 0.335 e. The summed E-state index contributed by atoms with van der Waals surface area (Å²) in [6.45, 7) is 3.36. The second-order valence-corrected chi connectivity index (χ2v) is 10.8. The van der Waals surface area contributed by atoms with Gasteiger partial charge >= 0.3 is 18.5 Å². The third-order valence-electron chi connectivity index (χ3n) is 7.59. The van der Waals surface area contributed by atoms with Gasteiger partial charge in [0.2, 0.25) is 5.91 Å². The fourth-order valence-electron chi connectivity index (χ4n) is 5.00. The van der Waals surface area contributed by atoms with E-state index in [4.69, 9.17) is 0 Å². The Balaban J connectivity index is 1.62. The molecular weight excluding hydrogens is 615 g/mol. The number of aryl methyl sites for hydroxylation is 2. The molecule has 0 radical (unpaired) electrons. The molecule has 1 aliphatic heterocycles. The Bertz CT molecular complexity index is 1560. The Morgan fingerprint density at radius 2 is 1.31 bits per heavy atom. The van der Waals surface area contributed by atoms with Gasteiger partial charge in [-0.05, 0) is 78.9 Å². The van der Waals surface area contributed by atoms with Gasteiger partial charge in [0.15, 0.2) is 0 Å². The van der Waals surface area contributed by atoms with E-state index in [1.807, 2.05) is 26.0 Å². The van der Waals surface area contributed by atoms with Crippen molar-refractivity contribution in [2.24, 2.45) is 0 Å². The van der Waals surface area contributed by atoms with Crippen LogP contribution in [-0.2, 0) is 29.7 Å². The summed E-state index contributed by atoms with van der Waals surface area (Å²) in [6.07, 6.45) is -12.2. The Hall–Kier alpha value is -4.29. The largest absolute Gasteiger partial charge is 0.416 e. The van der Waals surface area contributed by atoms with E-state index in [1.165, 1.54) is 28.0 Å². The van der Waals surface area contributed by atoms with Crippen molar-refractivity contribution in [3.8, 4) is 0 Å². The molecule has 1 aliphatic rings. The van der Waals surface area contributed by atoms with Crippen LogP contribution in [-0.4, -0.2) is 47.3 Å². The van der Waals surface area contributed by atoms with Gasteiger partial charge in [0.05, 0.1) is 22.7 Å². The van der Waals surface area contributed by atoms with Crippen molar-refractivity contribution < 1.29 is 49.1 Å². The van der Waals surface area contributed by atoms with Crippen LogP contribution < -0.4 is 0 Å². The van der Waals surface area contributed by atoms with Crippen LogP contribution in [0.4, 0.5) is 39.5 Å². The molecule has 1 unspecified atom stereocenters. The predicted molar refractivity (Wildman–Crippen MR) is 148 cm³/mol. The first-order chi connectivity index (χ1) is 20.8. The number of carbonyl (C=O) groups is 2. The summed E-state index contributed by atoms with van der Waals surface area (Å²) in [5, 5.41) is 0. The second-order valence-electron chi connectivity index (χ2n) is 10.8. The lowest BCUT2D eigenvalue weighted by molar-refractivity contribution is -0.143. The molecule has 13 heteroatoms. The summed E-state index contributed by atoms with van der Waals surface area (Å²) >= 11 is 0. The average Bonchev–Trinajstić information content (AvgIpc) is 2.96. The third kappa shape index (κ3) is 8.25. The van der Waals surface area contributed by atoms with Gasteiger partial charge in [-0.3, -0.25) is 9.59 Å². The van der Waals surface area contributed by atoms with E-state index in [2.05, 4.69) is 0 Å². The minimum atomic E-state index is -5.14. The molecule has 4 rings (SSSR count). The molecule has 0 aromatic heterocycles. The zero-order valence-corrected chi connectivity index (χ0v) is 23.9. The monoisotopic (exact) mass is 642 g/mol. The van der Waals surface area contributed by atoms with Crippen LogP contribution in [0.1, 0.15) is 49.3 Å². The fourth-order valence-corrected chi connectivity index (χ4v) is 5.00. The molecule has 1 atom stereocenters. The number of rotatable bonds is 5. The van der Waals surface area contributed by atoms with E-state index in [0.717, 1.165) is 34.9 Å². The summed E-state index contributed by atoms with van der Waals surface area (Å²) in [7, 11) is 0. The molecule has 1 saturated heterocycles. The summed E-state index contributed by atoms with van der Waals surface area (Å²) in [6, 6.07) is 9.47. The van der Waals surface area contributed by atoms with Crippen molar-refractivity contribution >= 4 is 17.9 Å². The number of alkyl halides is 9. The van der Waals surface area contributed by atoms with Gasteiger partial charge in [-0.2, -0.15) is 39.5 Å². The minimum Gasteiger partial charge on any atom is -0.335 e. The van der Waals surface area contributed by atoms with Crippen LogP contribution in [0, 0.1) is 13.8 Å². The first-order valence-electron chi connectivity index (χ1n) is 13.6. The quantitative estimate of drug-likeness (QED) is 0.209. The molecule has 3 aromatic carbocycles. The van der Waals surface area contributed by atoms with E-state index in [-0.39, 0.29) is 32.1 Å². The molecule has 3 aromatic rings. The normalized spacial score (nSPS) is 16.4. The first-order valence-corrected chi connectivity index (χ1v) is 13.6. The standard InChI is InChI=1S/C32H27F9N2O2/c1-19-3-4-22(13-20(19)2)14-27-18-42(28(44)10-7-21-5-8-24(9-6-21)30(33,34)35)11-12-43(27)29(45)23-15-25(31(36,37)38)17-26(16-23)32(39,40)41/h3-10,13,15-17,27H,11-12,14,18H2,1-2H3/b10-7+. The maximum Gasteiger partial charge on any atom is 0.416 e. The van der Waals surface area contributed by atoms with Gasteiger partial charge in [0.1, 0.15) is 0 Å². The van der Waals surface area contributed by atoms with E-state index in [9.17, 15) is 49.1 Å². The lowest BCUT2D eigenvalue weighted by Crippen LogP contribution is -2.57. The summed E-state index contributed by atoms with van der Waals surface area (Å²) in [5.41, 5.74) is -1.93. The van der Waals surface area contributed by atoms with Crippen LogP contribution in [0.25, 0.3) is 6.08 Å². The topological polar surface area (TPSA) is 40.6 Å². The minimum absolute atomic E-state index is 0.0526. The van der Waals surface area contributed by atoms with Gasteiger partial charge in [-0.15, -0.1) is 0 Å². The number of carbonyl (C=O) groups excluding carboxylic acids is 2.